The number of fused-ring (bicyclic) bond motifs is 1. The Bertz CT molecular complexity index is 888. The first kappa shape index (κ1) is 17.7. The first-order valence-corrected chi connectivity index (χ1v) is 8.34. The van der Waals surface area contributed by atoms with Crippen LogP contribution in [0, 0.1) is 0 Å². The summed E-state index contributed by atoms with van der Waals surface area (Å²) in [7, 11) is 2.50. The van der Waals surface area contributed by atoms with Crippen molar-refractivity contribution in [2.24, 2.45) is 5.73 Å². The van der Waals surface area contributed by atoms with E-state index in [-0.39, 0.29) is 70.1 Å². The molecule has 2 aliphatic heterocycles. The van der Waals surface area contributed by atoms with Gasteiger partial charge in [0.05, 0.1) is 42.1 Å². The molecule has 8 nitrogen and oxygen atoms in total. The normalized spacial score (nSPS) is 26.4. The standard InChI is InChI=1S/C9H11NO3.C8H11NO3S.Na/c1-12-6-4-3-5-7(13-2)8(6)9(10)11;1-8(2)6(7(11)12)9-4(10)3-5(9)13-8;/h3-5H,1-2H3,(H2,10,11);5-6H,3H2,1-2H3,(H,11,12);/q;;+1/p-1/i3D,4D,5D;3D;. The smallest absolute Gasteiger partial charge is 0.548 e. The maximum Gasteiger partial charge on any atom is 1.00 e. The molecule has 2 fully saturated rings. The Morgan fingerprint density at radius 2 is 1.89 bits per heavy atom. The SMILES string of the molecule is [2H]C1C(=O)N2C1SC(C)(C)C2C(=O)[O-].[2H]c1c([2H])c(OC)c(C(N)=O)c(OC)c1[2H].[Na+]. The Labute approximate surface area is 189 Å². The third kappa shape index (κ3) is 4.71. The van der Waals surface area contributed by atoms with Gasteiger partial charge in [0.1, 0.15) is 17.1 Å². The number of rotatable bonds is 4. The van der Waals surface area contributed by atoms with Crippen LogP contribution >= 0.6 is 11.8 Å². The largest absolute Gasteiger partial charge is 1.00 e. The van der Waals surface area contributed by atoms with Gasteiger partial charge >= 0.3 is 29.6 Å². The summed E-state index contributed by atoms with van der Waals surface area (Å²) in [4.78, 5) is 34.6. The fraction of sp³-hybridized carbons (Fsp3) is 0.471. The van der Waals surface area contributed by atoms with Gasteiger partial charge in [0.15, 0.2) is 0 Å². The fourth-order valence-corrected chi connectivity index (χ4v) is 4.19. The maximum atomic E-state index is 11.3. The molecular weight excluding hydrogens is 383 g/mol. The second kappa shape index (κ2) is 9.18. The number of carboxylic acids is 1. The maximum absolute atomic E-state index is 11.3. The van der Waals surface area contributed by atoms with Crippen LogP contribution in [0.5, 0.6) is 11.5 Å². The molecule has 0 aromatic heterocycles. The van der Waals surface area contributed by atoms with Crippen LogP contribution < -0.4 is 49.9 Å². The number of hydrogen-bond acceptors (Lipinski definition) is 7. The van der Waals surface area contributed by atoms with E-state index in [1.807, 2.05) is 0 Å². The average molecular weight is 408 g/mol. The van der Waals surface area contributed by atoms with E-state index in [0.29, 0.717) is 0 Å². The van der Waals surface area contributed by atoms with Gasteiger partial charge < -0.3 is 30.0 Å². The molecule has 0 saturated carbocycles. The fourth-order valence-electron chi connectivity index (χ4n) is 2.71. The first-order valence-electron chi connectivity index (χ1n) is 9.54. The summed E-state index contributed by atoms with van der Waals surface area (Å²) < 4.78 is 39.1. The van der Waals surface area contributed by atoms with Gasteiger partial charge in [-0.3, -0.25) is 9.59 Å². The van der Waals surface area contributed by atoms with Crippen LogP contribution in [0.1, 0.15) is 36.1 Å². The van der Waals surface area contributed by atoms with Crippen molar-refractivity contribution in [3.8, 4) is 11.5 Å². The summed E-state index contributed by atoms with van der Waals surface area (Å²) in [6.45, 7) is 3.52. The molecule has 0 aliphatic carbocycles. The van der Waals surface area contributed by atoms with Crippen molar-refractivity contribution in [2.45, 2.75) is 36.4 Å². The van der Waals surface area contributed by atoms with Gasteiger partial charge in [-0.25, -0.2) is 0 Å². The number of thioether (sulfide) groups is 1. The van der Waals surface area contributed by atoms with Crippen molar-refractivity contribution in [1.29, 1.82) is 0 Å². The van der Waals surface area contributed by atoms with E-state index in [0.717, 1.165) is 0 Å². The summed E-state index contributed by atoms with van der Waals surface area (Å²) in [5, 5.41) is 10.6. The van der Waals surface area contributed by atoms with Crippen LogP contribution in [0.15, 0.2) is 18.1 Å². The minimum absolute atomic E-state index is 0. The van der Waals surface area contributed by atoms with Crippen LogP contribution in [-0.2, 0) is 9.59 Å². The summed E-state index contributed by atoms with van der Waals surface area (Å²) >= 11 is 1.36. The number of hydrogen-bond donors (Lipinski definition) is 1. The Balaban J connectivity index is 0.000000302. The number of carboxylic acid groups (broad SMARTS) is 1. The summed E-state index contributed by atoms with van der Waals surface area (Å²) in [6, 6.07) is -1.99. The van der Waals surface area contributed by atoms with Crippen LogP contribution in [0.4, 0.5) is 0 Å². The van der Waals surface area contributed by atoms with Crippen LogP contribution in [0.2, 0.25) is 0 Å². The topological polar surface area (TPSA) is 122 Å². The number of carbonyl (C=O) groups excluding carboxylic acids is 3. The summed E-state index contributed by atoms with van der Waals surface area (Å²) in [6.07, 6.45) is -0.802. The zero-order valence-corrected chi connectivity index (χ0v) is 18.4. The second-order valence-electron chi connectivity index (χ2n) is 5.93. The molecule has 2 N–H and O–H groups in total. The molecule has 2 saturated heterocycles. The molecule has 2 amide bonds. The van der Waals surface area contributed by atoms with Crippen LogP contribution in [-0.4, -0.2) is 53.1 Å². The molecule has 3 rings (SSSR count). The van der Waals surface area contributed by atoms with Crippen molar-refractivity contribution < 1.29 is 64.0 Å². The van der Waals surface area contributed by atoms with Gasteiger partial charge in [0.2, 0.25) is 5.91 Å². The quantitative estimate of drug-likeness (QED) is 0.416. The van der Waals surface area contributed by atoms with E-state index in [4.69, 9.17) is 20.7 Å². The van der Waals surface area contributed by atoms with Crippen molar-refractivity contribution in [2.75, 3.05) is 14.2 Å². The van der Waals surface area contributed by atoms with E-state index in [1.54, 1.807) is 13.8 Å². The van der Waals surface area contributed by atoms with Gasteiger partial charge in [0.25, 0.3) is 5.91 Å². The molecule has 2 heterocycles. The number of nitrogens with zero attached hydrogens (tertiary/aromatic N) is 1. The van der Waals surface area contributed by atoms with Gasteiger partial charge in [-0.05, 0) is 25.9 Å². The molecule has 0 radical (unpaired) electrons. The number of aliphatic carboxylic acids is 1. The first-order chi connectivity index (χ1) is 13.8. The number of β-lactam (4-membered cyclic amide) rings is 1. The number of methoxy groups -OCH3 is 2. The molecule has 1 aromatic rings. The third-order valence-electron chi connectivity index (χ3n) is 3.86. The second-order valence-corrected chi connectivity index (χ2v) is 7.70. The van der Waals surface area contributed by atoms with Crippen molar-refractivity contribution in [3.05, 3.63) is 23.7 Å². The molecule has 27 heavy (non-hydrogen) atoms. The van der Waals surface area contributed by atoms with E-state index in [9.17, 15) is 19.5 Å². The number of benzene rings is 1. The number of amides is 2. The van der Waals surface area contributed by atoms with E-state index in [2.05, 4.69) is 0 Å². The minimum Gasteiger partial charge on any atom is -0.548 e. The van der Waals surface area contributed by atoms with E-state index >= 15 is 0 Å². The molecule has 0 bridgehead atoms. The molecule has 142 valence electrons. The molecule has 2 aliphatic rings. The monoisotopic (exact) mass is 408 g/mol. The zero-order chi connectivity index (χ0) is 23.1. The van der Waals surface area contributed by atoms with Crippen molar-refractivity contribution >= 4 is 29.5 Å². The molecule has 10 heteroatoms. The Morgan fingerprint density at radius 3 is 2.30 bits per heavy atom. The third-order valence-corrected chi connectivity index (χ3v) is 5.29. The number of nitrogens with two attached hydrogens (primary N) is 1. The number of primary amides is 1. The molecule has 1 aromatic carbocycles. The number of ether oxygens (including phenoxy) is 2. The predicted octanol–water partition coefficient (Wildman–Crippen LogP) is -3.00. The van der Waals surface area contributed by atoms with Crippen molar-refractivity contribution in [1.82, 2.24) is 4.90 Å². The molecule has 3 unspecified atom stereocenters. The van der Waals surface area contributed by atoms with E-state index < -0.39 is 35.0 Å². The van der Waals surface area contributed by atoms with Gasteiger partial charge in [0, 0.05) is 6.12 Å². The number of carbonyl (C=O) groups is 3. The van der Waals surface area contributed by atoms with Gasteiger partial charge in [-0.15, -0.1) is 11.8 Å². The zero-order valence-electron chi connectivity index (χ0n) is 19.6. The molecular formula is C17H21N2NaO6S. The van der Waals surface area contributed by atoms with Gasteiger partial charge in [-0.2, -0.15) is 0 Å². The van der Waals surface area contributed by atoms with Crippen LogP contribution in [0.3, 0.4) is 0 Å². The van der Waals surface area contributed by atoms with Crippen molar-refractivity contribution in [3.63, 3.8) is 0 Å². The Kier molecular flexibility index (Phi) is 6.01. The summed E-state index contributed by atoms with van der Waals surface area (Å²) in [5.74, 6) is -2.79. The molecule has 0 spiro atoms. The average Bonchev–Trinajstić information content (AvgIpc) is 2.94. The molecule has 3 atom stereocenters. The van der Waals surface area contributed by atoms with Crippen LogP contribution in [0.25, 0.3) is 0 Å². The van der Waals surface area contributed by atoms with E-state index in [1.165, 1.54) is 30.9 Å². The Hall–Kier alpha value is -1.42. The van der Waals surface area contributed by atoms with Gasteiger partial charge in [-0.1, -0.05) is 6.04 Å². The Morgan fingerprint density at radius 1 is 1.37 bits per heavy atom. The minimum atomic E-state index is -1.23. The predicted molar refractivity (Wildman–Crippen MR) is 93.8 cm³/mol. The summed E-state index contributed by atoms with van der Waals surface area (Å²) in [5.41, 5.74) is 4.94.